The summed E-state index contributed by atoms with van der Waals surface area (Å²) >= 11 is 0. The molecule has 2 aliphatic carbocycles. The number of likely N-dealkylation sites (tertiary alicyclic amines) is 1. The van der Waals surface area contributed by atoms with Crippen LogP contribution < -0.4 is 5.73 Å². The highest BCUT2D eigenvalue weighted by molar-refractivity contribution is 5.79. The summed E-state index contributed by atoms with van der Waals surface area (Å²) in [5.74, 6) is 0.641. The molecule has 0 bridgehead atoms. The number of nitrogens with two attached hydrogens (primary N) is 1. The van der Waals surface area contributed by atoms with E-state index in [-0.39, 0.29) is 12.0 Å². The van der Waals surface area contributed by atoms with E-state index in [2.05, 4.69) is 4.90 Å². The van der Waals surface area contributed by atoms with Crippen molar-refractivity contribution in [2.75, 3.05) is 13.1 Å². The van der Waals surface area contributed by atoms with Crippen LogP contribution in [0.4, 0.5) is 0 Å². The average molecular weight is 278 g/mol. The van der Waals surface area contributed by atoms with Gasteiger partial charge in [0, 0.05) is 25.0 Å². The number of piperidine rings is 1. The van der Waals surface area contributed by atoms with Crippen LogP contribution in [0.2, 0.25) is 0 Å². The molecule has 2 N–H and O–H groups in total. The minimum Gasteiger partial charge on any atom is -0.342 e. The molecular formula is C17H30N2O. The van der Waals surface area contributed by atoms with Crippen LogP contribution in [0, 0.1) is 11.3 Å². The number of hydrogen-bond acceptors (Lipinski definition) is 2. The van der Waals surface area contributed by atoms with E-state index in [1.54, 1.807) is 0 Å². The maximum absolute atomic E-state index is 12.8. The van der Waals surface area contributed by atoms with Crippen LogP contribution in [0.25, 0.3) is 0 Å². The molecule has 20 heavy (non-hydrogen) atoms. The average Bonchev–Trinajstić information content (AvgIpc) is 2.47. The molecule has 3 aliphatic rings. The first-order chi connectivity index (χ1) is 9.69. The van der Waals surface area contributed by atoms with E-state index < -0.39 is 0 Å². The van der Waals surface area contributed by atoms with Gasteiger partial charge in [0.15, 0.2) is 0 Å². The van der Waals surface area contributed by atoms with Gasteiger partial charge in [0.25, 0.3) is 0 Å². The number of amides is 1. The summed E-state index contributed by atoms with van der Waals surface area (Å²) < 4.78 is 0. The summed E-state index contributed by atoms with van der Waals surface area (Å²) in [4.78, 5) is 15.0. The molecule has 0 radical (unpaired) electrons. The minimum absolute atomic E-state index is 0.220. The zero-order valence-corrected chi connectivity index (χ0v) is 12.8. The Morgan fingerprint density at radius 3 is 2.50 bits per heavy atom. The molecule has 1 saturated heterocycles. The van der Waals surface area contributed by atoms with Gasteiger partial charge in [-0.05, 0) is 50.4 Å². The Kier molecular flexibility index (Phi) is 4.34. The van der Waals surface area contributed by atoms with Crippen LogP contribution in [-0.2, 0) is 4.79 Å². The molecule has 0 aromatic carbocycles. The maximum atomic E-state index is 12.8. The largest absolute Gasteiger partial charge is 0.342 e. The molecule has 2 unspecified atom stereocenters. The van der Waals surface area contributed by atoms with Crippen molar-refractivity contribution >= 4 is 5.91 Å². The van der Waals surface area contributed by atoms with Crippen molar-refractivity contribution in [3.63, 3.8) is 0 Å². The van der Waals surface area contributed by atoms with Gasteiger partial charge in [-0.3, -0.25) is 4.79 Å². The molecule has 3 heteroatoms. The third kappa shape index (κ3) is 3.03. The van der Waals surface area contributed by atoms with E-state index in [1.165, 1.54) is 44.9 Å². The normalized spacial score (nSPS) is 34.1. The lowest BCUT2D eigenvalue weighted by atomic mass is 9.69. The van der Waals surface area contributed by atoms with Crippen LogP contribution in [0.3, 0.4) is 0 Å². The van der Waals surface area contributed by atoms with Crippen LogP contribution in [0.1, 0.15) is 70.6 Å². The predicted octanol–water partition coefficient (Wildman–Crippen LogP) is 3.08. The number of rotatable bonds is 1. The van der Waals surface area contributed by atoms with Crippen LogP contribution in [0.15, 0.2) is 0 Å². The summed E-state index contributed by atoms with van der Waals surface area (Å²) in [5, 5.41) is 0. The summed E-state index contributed by atoms with van der Waals surface area (Å²) in [6.07, 6.45) is 13.6. The van der Waals surface area contributed by atoms with E-state index in [0.29, 0.717) is 11.3 Å². The van der Waals surface area contributed by atoms with E-state index in [1.807, 2.05) is 0 Å². The van der Waals surface area contributed by atoms with Crippen LogP contribution >= 0.6 is 0 Å². The lowest BCUT2D eigenvalue weighted by molar-refractivity contribution is -0.141. The van der Waals surface area contributed by atoms with Gasteiger partial charge in [-0.25, -0.2) is 0 Å². The summed E-state index contributed by atoms with van der Waals surface area (Å²) in [6, 6.07) is 0.256. The standard InChI is InChI=1S/C17H30N2O/c18-15-7-4-6-14(12-15)16(20)19-11-5-10-17(13-19)8-2-1-3-9-17/h14-15H,1-13,18H2. The third-order valence-electron chi connectivity index (χ3n) is 5.95. The van der Waals surface area contributed by atoms with Crippen molar-refractivity contribution in [3.05, 3.63) is 0 Å². The molecular weight excluding hydrogens is 248 g/mol. The number of hydrogen-bond donors (Lipinski definition) is 1. The Morgan fingerprint density at radius 1 is 1.00 bits per heavy atom. The number of carbonyl (C=O) groups excluding carboxylic acids is 1. The summed E-state index contributed by atoms with van der Waals surface area (Å²) in [5.41, 5.74) is 6.53. The quantitative estimate of drug-likeness (QED) is 0.801. The first-order valence-corrected chi connectivity index (χ1v) is 8.73. The SMILES string of the molecule is NC1CCCC(C(=O)N2CCCC3(CCCCC3)C2)C1. The van der Waals surface area contributed by atoms with Crippen LogP contribution in [0.5, 0.6) is 0 Å². The minimum atomic E-state index is 0.220. The molecule has 2 saturated carbocycles. The van der Waals surface area contributed by atoms with Crippen LogP contribution in [-0.4, -0.2) is 29.9 Å². The number of nitrogens with zero attached hydrogens (tertiary/aromatic N) is 1. The van der Waals surface area contributed by atoms with Gasteiger partial charge in [-0.15, -0.1) is 0 Å². The Balaban J connectivity index is 1.62. The second kappa shape index (κ2) is 6.05. The van der Waals surface area contributed by atoms with E-state index in [0.717, 1.165) is 38.8 Å². The third-order valence-corrected chi connectivity index (χ3v) is 5.95. The van der Waals surface area contributed by atoms with Crippen molar-refractivity contribution in [2.45, 2.75) is 76.7 Å². The zero-order valence-electron chi connectivity index (χ0n) is 12.8. The molecule has 114 valence electrons. The first-order valence-electron chi connectivity index (χ1n) is 8.73. The Morgan fingerprint density at radius 2 is 1.75 bits per heavy atom. The first kappa shape index (κ1) is 14.4. The molecule has 0 aromatic heterocycles. The molecule has 1 amide bonds. The van der Waals surface area contributed by atoms with Gasteiger partial charge >= 0.3 is 0 Å². The van der Waals surface area contributed by atoms with Gasteiger partial charge in [-0.1, -0.05) is 25.7 Å². The molecule has 1 aliphatic heterocycles. The van der Waals surface area contributed by atoms with Gasteiger partial charge in [0.2, 0.25) is 5.91 Å². The van der Waals surface area contributed by atoms with Gasteiger partial charge in [0.05, 0.1) is 0 Å². The summed E-state index contributed by atoms with van der Waals surface area (Å²) in [6.45, 7) is 2.03. The highest BCUT2D eigenvalue weighted by atomic mass is 16.2. The van der Waals surface area contributed by atoms with E-state index in [9.17, 15) is 4.79 Å². The van der Waals surface area contributed by atoms with Gasteiger partial charge in [-0.2, -0.15) is 0 Å². The van der Waals surface area contributed by atoms with Crippen molar-refractivity contribution < 1.29 is 4.79 Å². The Bertz CT molecular complexity index is 343. The molecule has 0 aromatic rings. The van der Waals surface area contributed by atoms with Crippen molar-refractivity contribution in [3.8, 4) is 0 Å². The van der Waals surface area contributed by atoms with Gasteiger partial charge in [0.1, 0.15) is 0 Å². The lowest BCUT2D eigenvalue weighted by Gasteiger charge is -2.46. The zero-order chi connectivity index (χ0) is 14.0. The fourth-order valence-corrected chi connectivity index (χ4v) is 4.82. The fourth-order valence-electron chi connectivity index (χ4n) is 4.82. The lowest BCUT2D eigenvalue weighted by Crippen LogP contribution is -2.49. The predicted molar refractivity (Wildman–Crippen MR) is 81.3 cm³/mol. The highest BCUT2D eigenvalue weighted by Crippen LogP contribution is 2.43. The Hall–Kier alpha value is -0.570. The molecule has 1 heterocycles. The fraction of sp³-hybridized carbons (Fsp3) is 0.941. The monoisotopic (exact) mass is 278 g/mol. The molecule has 3 nitrogen and oxygen atoms in total. The molecule has 2 atom stereocenters. The summed E-state index contributed by atoms with van der Waals surface area (Å²) in [7, 11) is 0. The smallest absolute Gasteiger partial charge is 0.225 e. The van der Waals surface area contributed by atoms with E-state index in [4.69, 9.17) is 5.73 Å². The second-order valence-corrected chi connectivity index (χ2v) is 7.55. The Labute approximate surface area is 123 Å². The number of carbonyl (C=O) groups is 1. The molecule has 3 fully saturated rings. The highest BCUT2D eigenvalue weighted by Gasteiger charge is 2.39. The van der Waals surface area contributed by atoms with Crippen molar-refractivity contribution in [1.82, 2.24) is 4.90 Å². The maximum Gasteiger partial charge on any atom is 0.225 e. The van der Waals surface area contributed by atoms with Crippen molar-refractivity contribution in [2.24, 2.45) is 17.1 Å². The topological polar surface area (TPSA) is 46.3 Å². The molecule has 1 spiro atoms. The van der Waals surface area contributed by atoms with Crippen molar-refractivity contribution in [1.29, 1.82) is 0 Å². The molecule has 3 rings (SSSR count). The second-order valence-electron chi connectivity index (χ2n) is 7.55. The van der Waals surface area contributed by atoms with Gasteiger partial charge < -0.3 is 10.6 Å². The van der Waals surface area contributed by atoms with E-state index >= 15 is 0 Å².